The second kappa shape index (κ2) is 5.27. The van der Waals surface area contributed by atoms with E-state index in [9.17, 15) is 4.79 Å². The van der Waals surface area contributed by atoms with E-state index in [1.807, 2.05) is 6.92 Å². The smallest absolute Gasteiger partial charge is 0.340 e. The quantitative estimate of drug-likeness (QED) is 0.632. The zero-order valence-corrected chi connectivity index (χ0v) is 10.7. The lowest BCUT2D eigenvalue weighted by atomic mass is 10.1. The van der Waals surface area contributed by atoms with Gasteiger partial charge >= 0.3 is 5.97 Å². The van der Waals surface area contributed by atoms with Crippen LogP contribution in [-0.4, -0.2) is 38.9 Å². The minimum atomic E-state index is -0.364. The first-order valence-electron chi connectivity index (χ1n) is 5.97. The first-order valence-corrected chi connectivity index (χ1v) is 5.97. The molecule has 5 heteroatoms. The molecular weight excluding hydrogens is 232 g/mol. The molecule has 0 aliphatic carbocycles. The minimum Gasteiger partial charge on any atom is -0.465 e. The lowest BCUT2D eigenvalue weighted by molar-refractivity contribution is 0.0523. The summed E-state index contributed by atoms with van der Waals surface area (Å²) in [6, 6.07) is 5.29. The van der Waals surface area contributed by atoms with Gasteiger partial charge in [-0.15, -0.1) is 0 Å². The fourth-order valence-corrected chi connectivity index (χ4v) is 2.21. The molecule has 1 fully saturated rings. The molecular formula is C13H18N2O3. The van der Waals surface area contributed by atoms with Crippen LogP contribution in [0.25, 0.3) is 0 Å². The molecule has 1 saturated heterocycles. The number of nitrogens with two attached hydrogens (primary N) is 1. The largest absolute Gasteiger partial charge is 0.465 e. The Morgan fingerprint density at radius 1 is 1.56 bits per heavy atom. The number of rotatable bonds is 2. The van der Waals surface area contributed by atoms with E-state index in [1.165, 1.54) is 7.11 Å². The van der Waals surface area contributed by atoms with Crippen molar-refractivity contribution in [1.82, 2.24) is 0 Å². The molecule has 0 aromatic heterocycles. The molecule has 1 unspecified atom stereocenters. The van der Waals surface area contributed by atoms with Crippen LogP contribution < -0.4 is 10.6 Å². The number of carbonyl (C=O) groups excluding carboxylic acids is 1. The number of hydrogen-bond acceptors (Lipinski definition) is 5. The van der Waals surface area contributed by atoms with Crippen LogP contribution in [0.2, 0.25) is 0 Å². The average molecular weight is 250 g/mol. The summed E-state index contributed by atoms with van der Waals surface area (Å²) in [5.41, 5.74) is 7.85. The van der Waals surface area contributed by atoms with Gasteiger partial charge in [0.1, 0.15) is 0 Å². The van der Waals surface area contributed by atoms with Gasteiger partial charge in [-0.1, -0.05) is 6.07 Å². The maximum absolute atomic E-state index is 11.8. The molecule has 18 heavy (non-hydrogen) atoms. The molecule has 1 aromatic rings. The SMILES string of the molecule is COC(=O)c1cccc(N)c1N1CCOC(C)C1. The summed E-state index contributed by atoms with van der Waals surface area (Å²) >= 11 is 0. The van der Waals surface area contributed by atoms with E-state index in [4.69, 9.17) is 15.2 Å². The van der Waals surface area contributed by atoms with Gasteiger partial charge in [-0.3, -0.25) is 0 Å². The number of morpholine rings is 1. The Morgan fingerprint density at radius 3 is 3.00 bits per heavy atom. The van der Waals surface area contributed by atoms with Crippen LogP contribution >= 0.6 is 0 Å². The first-order chi connectivity index (χ1) is 8.63. The standard InChI is InChI=1S/C13H18N2O3/c1-9-8-15(6-7-18-9)12-10(13(16)17-2)4-3-5-11(12)14/h3-5,9H,6-8,14H2,1-2H3. The maximum Gasteiger partial charge on any atom is 0.340 e. The van der Waals surface area contributed by atoms with Crippen molar-refractivity contribution in [3.63, 3.8) is 0 Å². The number of methoxy groups -OCH3 is 1. The van der Waals surface area contributed by atoms with Crippen LogP contribution in [-0.2, 0) is 9.47 Å². The Kier molecular flexibility index (Phi) is 3.72. The Balaban J connectivity index is 2.38. The minimum absolute atomic E-state index is 0.129. The van der Waals surface area contributed by atoms with Crippen molar-refractivity contribution in [1.29, 1.82) is 0 Å². The topological polar surface area (TPSA) is 64.8 Å². The van der Waals surface area contributed by atoms with Gasteiger partial charge in [0.05, 0.1) is 36.8 Å². The number of nitrogen functional groups attached to an aromatic ring is 1. The highest BCUT2D eigenvalue weighted by atomic mass is 16.5. The molecule has 1 aliphatic rings. The van der Waals surface area contributed by atoms with E-state index in [-0.39, 0.29) is 12.1 Å². The van der Waals surface area contributed by atoms with Gasteiger partial charge in [-0.2, -0.15) is 0 Å². The third kappa shape index (κ3) is 2.41. The van der Waals surface area contributed by atoms with Gasteiger partial charge in [0.15, 0.2) is 0 Å². The highest BCUT2D eigenvalue weighted by molar-refractivity contribution is 5.99. The fourth-order valence-electron chi connectivity index (χ4n) is 2.21. The zero-order valence-electron chi connectivity index (χ0n) is 10.7. The summed E-state index contributed by atoms with van der Waals surface area (Å²) < 4.78 is 10.3. The normalized spacial score (nSPS) is 19.7. The maximum atomic E-state index is 11.8. The summed E-state index contributed by atoms with van der Waals surface area (Å²) in [6.45, 7) is 4.08. The van der Waals surface area contributed by atoms with Crippen molar-refractivity contribution in [2.75, 3.05) is 37.4 Å². The number of carbonyl (C=O) groups is 1. The Morgan fingerprint density at radius 2 is 2.33 bits per heavy atom. The van der Waals surface area contributed by atoms with E-state index < -0.39 is 0 Å². The molecule has 0 spiro atoms. The number of nitrogens with zero attached hydrogens (tertiary/aromatic N) is 1. The van der Waals surface area contributed by atoms with Crippen molar-refractivity contribution in [3.8, 4) is 0 Å². The van der Waals surface area contributed by atoms with Gasteiger partial charge in [0.25, 0.3) is 0 Å². The predicted octanol–water partition coefficient (Wildman–Crippen LogP) is 1.28. The van der Waals surface area contributed by atoms with Crippen LogP contribution in [0.3, 0.4) is 0 Å². The highest BCUT2D eigenvalue weighted by Crippen LogP contribution is 2.29. The average Bonchev–Trinajstić information content (AvgIpc) is 2.37. The first kappa shape index (κ1) is 12.7. The lowest BCUT2D eigenvalue weighted by Gasteiger charge is -2.34. The molecule has 1 atom stereocenters. The molecule has 0 saturated carbocycles. The molecule has 0 radical (unpaired) electrons. The van der Waals surface area contributed by atoms with Crippen molar-refractivity contribution in [3.05, 3.63) is 23.8 Å². The van der Waals surface area contributed by atoms with Crippen molar-refractivity contribution < 1.29 is 14.3 Å². The number of esters is 1. The van der Waals surface area contributed by atoms with Crippen molar-refractivity contribution in [2.45, 2.75) is 13.0 Å². The molecule has 0 bridgehead atoms. The van der Waals surface area contributed by atoms with Crippen LogP contribution in [0.15, 0.2) is 18.2 Å². The Labute approximate surface area is 106 Å². The number of anilines is 2. The Bertz CT molecular complexity index is 448. The van der Waals surface area contributed by atoms with E-state index in [0.29, 0.717) is 17.9 Å². The monoisotopic (exact) mass is 250 g/mol. The van der Waals surface area contributed by atoms with Crippen molar-refractivity contribution >= 4 is 17.3 Å². The number of para-hydroxylation sites is 1. The molecule has 1 aliphatic heterocycles. The number of benzene rings is 1. The third-order valence-electron chi connectivity index (χ3n) is 3.03. The molecule has 2 N–H and O–H groups in total. The summed E-state index contributed by atoms with van der Waals surface area (Å²) in [7, 11) is 1.37. The Hall–Kier alpha value is -1.75. The van der Waals surface area contributed by atoms with Crippen molar-refractivity contribution in [2.24, 2.45) is 0 Å². The summed E-state index contributed by atoms with van der Waals surface area (Å²) in [6.07, 6.45) is 0.129. The third-order valence-corrected chi connectivity index (χ3v) is 3.03. The van der Waals surface area contributed by atoms with Crippen LogP contribution in [0.1, 0.15) is 17.3 Å². The second-order valence-electron chi connectivity index (χ2n) is 4.36. The van der Waals surface area contributed by atoms with E-state index in [2.05, 4.69) is 4.90 Å². The number of ether oxygens (including phenoxy) is 2. The predicted molar refractivity (Wildman–Crippen MR) is 69.8 cm³/mol. The lowest BCUT2D eigenvalue weighted by Crippen LogP contribution is -2.42. The zero-order chi connectivity index (χ0) is 13.1. The van der Waals surface area contributed by atoms with Gasteiger partial charge in [0.2, 0.25) is 0 Å². The van der Waals surface area contributed by atoms with E-state index in [0.717, 1.165) is 18.8 Å². The molecule has 98 valence electrons. The second-order valence-corrected chi connectivity index (χ2v) is 4.36. The van der Waals surface area contributed by atoms with Crippen LogP contribution in [0, 0.1) is 0 Å². The highest BCUT2D eigenvalue weighted by Gasteiger charge is 2.23. The summed E-state index contributed by atoms with van der Waals surface area (Å²) in [5, 5.41) is 0. The van der Waals surface area contributed by atoms with Gasteiger partial charge in [-0.05, 0) is 19.1 Å². The van der Waals surface area contributed by atoms with Crippen LogP contribution in [0.4, 0.5) is 11.4 Å². The fraction of sp³-hybridized carbons (Fsp3) is 0.462. The molecule has 0 amide bonds. The van der Waals surface area contributed by atoms with E-state index >= 15 is 0 Å². The number of hydrogen-bond donors (Lipinski definition) is 1. The van der Waals surface area contributed by atoms with Gasteiger partial charge < -0.3 is 20.1 Å². The summed E-state index contributed by atoms with van der Waals surface area (Å²) in [4.78, 5) is 13.9. The van der Waals surface area contributed by atoms with Crippen LogP contribution in [0.5, 0.6) is 0 Å². The van der Waals surface area contributed by atoms with Gasteiger partial charge in [-0.25, -0.2) is 4.79 Å². The van der Waals surface area contributed by atoms with E-state index in [1.54, 1.807) is 18.2 Å². The summed E-state index contributed by atoms with van der Waals surface area (Å²) in [5.74, 6) is -0.364. The molecule has 1 heterocycles. The molecule has 5 nitrogen and oxygen atoms in total. The molecule has 1 aromatic carbocycles. The van der Waals surface area contributed by atoms with Gasteiger partial charge in [0, 0.05) is 13.1 Å². The molecule has 2 rings (SSSR count).